The molecule has 234 valence electrons. The lowest BCUT2D eigenvalue weighted by Crippen LogP contribution is -2.28. The van der Waals surface area contributed by atoms with Gasteiger partial charge in [0.15, 0.2) is 0 Å². The fourth-order valence-electron chi connectivity index (χ4n) is 6.31. The van der Waals surface area contributed by atoms with E-state index >= 15 is 0 Å². The molecule has 2 aromatic heterocycles. The van der Waals surface area contributed by atoms with Gasteiger partial charge in [0.25, 0.3) is 5.91 Å². The largest absolute Gasteiger partial charge is 0.481 e. The van der Waals surface area contributed by atoms with Crippen molar-refractivity contribution in [1.29, 1.82) is 0 Å². The van der Waals surface area contributed by atoms with Crippen molar-refractivity contribution in [3.63, 3.8) is 0 Å². The number of carboxylic acids is 2. The van der Waals surface area contributed by atoms with Crippen LogP contribution in [0.25, 0.3) is 0 Å². The number of thiol groups is 1. The van der Waals surface area contributed by atoms with Crippen molar-refractivity contribution in [2.75, 3.05) is 5.75 Å². The Kier molecular flexibility index (Phi) is 10.2. The van der Waals surface area contributed by atoms with Crippen LogP contribution in [0.2, 0.25) is 0 Å². The summed E-state index contributed by atoms with van der Waals surface area (Å²) < 4.78 is 0. The Morgan fingerprint density at radius 2 is 1.50 bits per heavy atom. The topological polar surface area (TPSA) is 165 Å². The molecule has 0 bridgehead atoms. The zero-order valence-electron chi connectivity index (χ0n) is 25.6. The van der Waals surface area contributed by atoms with Crippen molar-refractivity contribution >= 4 is 42.1 Å². The van der Waals surface area contributed by atoms with Crippen LogP contribution in [0, 0.1) is 19.8 Å². The van der Waals surface area contributed by atoms with Crippen LogP contribution in [-0.2, 0) is 51.3 Å². The molecule has 2 atom stereocenters. The first-order valence-corrected chi connectivity index (χ1v) is 15.4. The number of aliphatic carboxylic acids is 2. The van der Waals surface area contributed by atoms with Gasteiger partial charge in [-0.25, -0.2) is 4.99 Å². The first-order valence-electron chi connectivity index (χ1n) is 14.7. The summed E-state index contributed by atoms with van der Waals surface area (Å²) in [5.74, 6) is -1.89. The van der Waals surface area contributed by atoms with E-state index in [1.165, 1.54) is 6.08 Å². The van der Waals surface area contributed by atoms with Crippen LogP contribution in [0.4, 0.5) is 0 Å². The van der Waals surface area contributed by atoms with Crippen LogP contribution >= 0.6 is 12.6 Å². The minimum Gasteiger partial charge on any atom is -0.481 e. The number of H-pyrrole nitrogens is 2. The number of carbonyl (C=O) groups is 4. The van der Waals surface area contributed by atoms with Gasteiger partial charge in [0.2, 0.25) is 5.91 Å². The van der Waals surface area contributed by atoms with Crippen molar-refractivity contribution in [2.24, 2.45) is 10.9 Å². The molecule has 0 spiro atoms. The minimum absolute atomic E-state index is 0.0325. The molecule has 0 radical (unpaired) electrons. The van der Waals surface area contributed by atoms with Gasteiger partial charge in [0.1, 0.15) is 0 Å². The van der Waals surface area contributed by atoms with E-state index < -0.39 is 11.9 Å². The van der Waals surface area contributed by atoms with Gasteiger partial charge in [-0.05, 0) is 73.9 Å². The van der Waals surface area contributed by atoms with E-state index in [1.54, 1.807) is 0 Å². The number of amides is 2. The van der Waals surface area contributed by atoms with Gasteiger partial charge in [-0.3, -0.25) is 19.2 Å². The van der Waals surface area contributed by atoms with Crippen LogP contribution in [0.15, 0.2) is 40.4 Å². The number of aromatic amines is 2. The molecular weight excluding hydrogens is 580 g/mol. The number of hydrogen-bond donors (Lipinski definition) is 6. The molecule has 44 heavy (non-hydrogen) atoms. The van der Waals surface area contributed by atoms with Crippen molar-refractivity contribution in [3.05, 3.63) is 80.5 Å². The van der Waals surface area contributed by atoms with E-state index in [9.17, 15) is 29.4 Å². The summed E-state index contributed by atoms with van der Waals surface area (Å²) in [6.07, 6.45) is 5.32. The Bertz CT molecular complexity index is 1620. The molecule has 4 rings (SSSR count). The minimum atomic E-state index is -0.906. The normalized spacial score (nSPS) is 19.2. The summed E-state index contributed by atoms with van der Waals surface area (Å²) in [6.45, 7) is 11.3. The van der Waals surface area contributed by atoms with Crippen LogP contribution in [0.5, 0.6) is 0 Å². The maximum Gasteiger partial charge on any atom is 0.303 e. The number of rotatable bonds is 14. The van der Waals surface area contributed by atoms with Gasteiger partial charge >= 0.3 is 11.9 Å². The molecule has 0 aliphatic carbocycles. The Hall–Kier alpha value is -4.12. The van der Waals surface area contributed by atoms with Gasteiger partial charge in [-0.15, -0.1) is 0 Å². The zero-order chi connectivity index (χ0) is 32.3. The monoisotopic (exact) mass is 620 g/mol. The molecular formula is C33H40N4O6S. The quantitative estimate of drug-likeness (QED) is 0.137. The third-order valence-corrected chi connectivity index (χ3v) is 9.06. The van der Waals surface area contributed by atoms with Crippen molar-refractivity contribution in [2.45, 2.75) is 78.7 Å². The second-order valence-electron chi connectivity index (χ2n) is 11.5. The first kappa shape index (κ1) is 32.8. The first-order chi connectivity index (χ1) is 20.9. The number of carboxylic acid groups (broad SMARTS) is 2. The Morgan fingerprint density at radius 3 is 2.02 bits per heavy atom. The highest BCUT2D eigenvalue weighted by Gasteiger charge is 2.34. The molecule has 11 heteroatoms. The van der Waals surface area contributed by atoms with E-state index in [0.29, 0.717) is 49.1 Å². The number of nitrogens with one attached hydrogen (secondary N) is 3. The standard InChI is InChI=1S/C33H40N4O6S/c1-6-20-16(2)26(36-33(20)43)13-24-17(3)21(7-9-30(38)39)27(34-24)15-28-22(8-10-31(40)41)18(4)25(35-28)14-29-23(11-12-44)19(5)32(42)37-29/h6,11,19,29,34-35,44H,1,7-10,12-15H2,2-5H3,(H,37,42)(H,38,39)(H,40,41)/b23-11+/t19-,29+/m0/s1. The molecule has 2 aliphatic rings. The van der Waals surface area contributed by atoms with Crippen LogP contribution in [0.1, 0.15) is 71.7 Å². The number of hydrogen-bond acceptors (Lipinski definition) is 5. The SMILES string of the molecule is C=CC1=C(C)C(Cc2[nH]c(Cc3[nH]c(C[C@H]4NC(=O)[C@@H](C)/C4=C\CS)c(C)c3CCC(=O)O)c(CCC(=O)O)c2C)=NC1=O. The predicted octanol–water partition coefficient (Wildman–Crippen LogP) is 4.14. The number of aliphatic imine (C=N–C) groups is 1. The van der Waals surface area contributed by atoms with Gasteiger partial charge in [-0.2, -0.15) is 12.6 Å². The van der Waals surface area contributed by atoms with E-state index in [1.807, 2.05) is 33.8 Å². The highest BCUT2D eigenvalue weighted by molar-refractivity contribution is 7.80. The summed E-state index contributed by atoms with van der Waals surface area (Å²) in [7, 11) is 0. The number of nitrogens with zero attached hydrogens (tertiary/aromatic N) is 1. The maximum atomic E-state index is 12.5. The molecule has 2 aliphatic heterocycles. The highest BCUT2D eigenvalue weighted by Crippen LogP contribution is 2.31. The molecule has 0 aromatic carbocycles. The molecule has 1 saturated heterocycles. The van der Waals surface area contributed by atoms with Crippen LogP contribution in [-0.4, -0.2) is 61.4 Å². The summed E-state index contributed by atoms with van der Waals surface area (Å²) in [6, 6.07) is -0.195. The third kappa shape index (κ3) is 6.83. The lowest BCUT2D eigenvalue weighted by atomic mass is 9.94. The fraction of sp³-hybridized carbons (Fsp3) is 0.424. The lowest BCUT2D eigenvalue weighted by Gasteiger charge is -2.13. The van der Waals surface area contributed by atoms with Crippen molar-refractivity contribution in [3.8, 4) is 0 Å². The Morgan fingerprint density at radius 1 is 0.932 bits per heavy atom. The number of aromatic nitrogens is 2. The summed E-state index contributed by atoms with van der Waals surface area (Å²) in [5, 5.41) is 22.0. The molecule has 5 N–H and O–H groups in total. The number of allylic oxidation sites excluding steroid dienone is 1. The molecule has 2 aromatic rings. The Labute approximate surface area is 262 Å². The van der Waals surface area contributed by atoms with E-state index in [4.69, 9.17) is 0 Å². The zero-order valence-corrected chi connectivity index (χ0v) is 26.5. The molecule has 10 nitrogen and oxygen atoms in total. The summed E-state index contributed by atoms with van der Waals surface area (Å²) in [4.78, 5) is 59.2. The molecule has 1 fully saturated rings. The third-order valence-electron chi connectivity index (χ3n) is 8.87. The predicted molar refractivity (Wildman–Crippen MR) is 172 cm³/mol. The van der Waals surface area contributed by atoms with Crippen molar-refractivity contribution in [1.82, 2.24) is 15.3 Å². The van der Waals surface area contributed by atoms with E-state index in [-0.39, 0.29) is 36.6 Å². The Balaban J connectivity index is 1.72. The van der Waals surface area contributed by atoms with Gasteiger partial charge in [0, 0.05) is 66.2 Å². The van der Waals surface area contributed by atoms with Gasteiger partial charge in [0.05, 0.1) is 17.7 Å². The molecule has 0 unspecified atom stereocenters. The van der Waals surface area contributed by atoms with Crippen molar-refractivity contribution < 1.29 is 29.4 Å². The maximum absolute atomic E-state index is 12.5. The smallest absolute Gasteiger partial charge is 0.303 e. The van der Waals surface area contributed by atoms with Crippen LogP contribution in [0.3, 0.4) is 0 Å². The molecule has 4 heterocycles. The fourth-order valence-corrected chi connectivity index (χ4v) is 6.52. The van der Waals surface area contributed by atoms with Crippen LogP contribution < -0.4 is 5.32 Å². The second-order valence-corrected chi connectivity index (χ2v) is 11.9. The average Bonchev–Trinajstić information content (AvgIpc) is 3.60. The van der Waals surface area contributed by atoms with E-state index in [2.05, 4.69) is 39.5 Å². The van der Waals surface area contributed by atoms with E-state index in [0.717, 1.165) is 56.2 Å². The second kappa shape index (κ2) is 13.7. The summed E-state index contributed by atoms with van der Waals surface area (Å²) >= 11 is 4.33. The summed E-state index contributed by atoms with van der Waals surface area (Å²) in [5.41, 5.74) is 9.96. The highest BCUT2D eigenvalue weighted by atomic mass is 32.1. The average molecular weight is 621 g/mol. The number of carbonyl (C=O) groups excluding carboxylic acids is 2. The van der Waals surface area contributed by atoms with Gasteiger partial charge in [-0.1, -0.05) is 18.7 Å². The molecule has 0 saturated carbocycles. The van der Waals surface area contributed by atoms with Gasteiger partial charge < -0.3 is 25.5 Å². The lowest BCUT2D eigenvalue weighted by molar-refractivity contribution is -0.138. The molecule has 2 amide bonds.